The van der Waals surface area contributed by atoms with Gasteiger partial charge in [-0.15, -0.1) is 11.8 Å². The summed E-state index contributed by atoms with van der Waals surface area (Å²) in [6.45, 7) is 2.32. The lowest BCUT2D eigenvalue weighted by atomic mass is 10.1. The maximum Gasteiger partial charge on any atom is 0.355 e. The van der Waals surface area contributed by atoms with Crippen LogP contribution in [0.2, 0.25) is 0 Å². The van der Waals surface area contributed by atoms with E-state index in [4.69, 9.17) is 23.4 Å². The summed E-state index contributed by atoms with van der Waals surface area (Å²) in [5.74, 6) is 0.751. The van der Waals surface area contributed by atoms with Crippen LogP contribution in [0.3, 0.4) is 0 Å². The number of rotatable bonds is 9. The number of nitrogens with zero attached hydrogens (tertiary/aromatic N) is 1. The van der Waals surface area contributed by atoms with Crippen LogP contribution < -0.4 is 15.1 Å². The number of hydrogen-bond acceptors (Lipinski definition) is 9. The van der Waals surface area contributed by atoms with Crippen molar-refractivity contribution in [3.05, 3.63) is 81.9 Å². The second kappa shape index (κ2) is 10.7. The number of fused-ring (bicyclic) bond motifs is 2. The summed E-state index contributed by atoms with van der Waals surface area (Å²) < 4.78 is 27.5. The highest BCUT2D eigenvalue weighted by molar-refractivity contribution is 8.00. The lowest BCUT2D eigenvalue weighted by Crippen LogP contribution is -2.66. The second-order valence-corrected chi connectivity index (χ2v) is 9.51. The van der Waals surface area contributed by atoms with Crippen LogP contribution in [0.1, 0.15) is 12.5 Å². The zero-order valence-electron chi connectivity index (χ0n) is 20.3. The van der Waals surface area contributed by atoms with Gasteiger partial charge in [0.25, 0.3) is 5.91 Å². The van der Waals surface area contributed by atoms with Crippen LogP contribution in [0.4, 0.5) is 0 Å². The molecule has 2 aromatic carbocycles. The van der Waals surface area contributed by atoms with Crippen molar-refractivity contribution in [2.75, 3.05) is 26.1 Å². The summed E-state index contributed by atoms with van der Waals surface area (Å²) in [6.07, 6.45) is -0.592. The predicted molar refractivity (Wildman–Crippen MR) is 136 cm³/mol. The summed E-state index contributed by atoms with van der Waals surface area (Å²) in [4.78, 5) is 39.2. The predicted octanol–water partition coefficient (Wildman–Crippen LogP) is 3.50. The number of hydrogen-bond donors (Lipinski definition) is 0. The molecule has 5 rings (SSSR count). The number of methoxy groups -OCH3 is 1. The summed E-state index contributed by atoms with van der Waals surface area (Å²) in [5.41, 5.74) is 1.54. The number of carbonyl (C=O) groups excluding carboxylic acids is 2. The largest absolute Gasteiger partial charge is 0.497 e. The first-order valence-electron chi connectivity index (χ1n) is 11.7. The van der Waals surface area contributed by atoms with Gasteiger partial charge < -0.3 is 23.4 Å². The van der Waals surface area contributed by atoms with Gasteiger partial charge in [0, 0.05) is 35.5 Å². The molecule has 1 saturated heterocycles. The van der Waals surface area contributed by atoms with Crippen molar-refractivity contribution < 1.29 is 33.0 Å². The third-order valence-corrected chi connectivity index (χ3v) is 7.39. The fraction of sp³-hybridized carbons (Fsp3) is 0.296. The summed E-state index contributed by atoms with van der Waals surface area (Å²) in [5, 5.41) is 0.466. The number of β-lactam (4-membered cyclic amide) rings is 1. The molecule has 192 valence electrons. The zero-order valence-corrected chi connectivity index (χ0v) is 21.1. The molecular weight excluding hydrogens is 498 g/mol. The fourth-order valence-electron chi connectivity index (χ4n) is 4.19. The van der Waals surface area contributed by atoms with E-state index < -0.39 is 17.7 Å². The number of carbonyl (C=O) groups is 2. The highest BCUT2D eigenvalue weighted by Gasteiger charge is 2.54. The Hall–Kier alpha value is -3.76. The van der Waals surface area contributed by atoms with Crippen molar-refractivity contribution in [3.63, 3.8) is 0 Å². The number of ether oxygens (including phenoxy) is 4. The SMILES string of the molecule is CCOC1C(=O)N2C(C(=O)OCc3ccc(OC)cc3)=C(COc3ccc4ccc(=O)oc4c3)CSC12. The molecule has 0 radical (unpaired) electrons. The van der Waals surface area contributed by atoms with Gasteiger partial charge in [-0.25, -0.2) is 9.59 Å². The van der Waals surface area contributed by atoms with Crippen LogP contribution in [0.15, 0.2) is 75.1 Å². The Morgan fingerprint density at radius 3 is 2.57 bits per heavy atom. The lowest BCUT2D eigenvalue weighted by molar-refractivity contribution is -0.165. The van der Waals surface area contributed by atoms with Crippen LogP contribution in [-0.4, -0.2) is 54.3 Å². The lowest BCUT2D eigenvalue weighted by Gasteiger charge is -2.49. The number of amides is 1. The van der Waals surface area contributed by atoms with E-state index >= 15 is 0 Å². The van der Waals surface area contributed by atoms with E-state index in [1.165, 1.54) is 22.7 Å². The first kappa shape index (κ1) is 24.9. The molecule has 10 heteroatoms. The third kappa shape index (κ3) is 5.07. The Bertz CT molecular complexity index is 1410. The Balaban J connectivity index is 1.37. The topological polar surface area (TPSA) is 105 Å². The van der Waals surface area contributed by atoms with Crippen LogP contribution in [-0.2, 0) is 25.7 Å². The van der Waals surface area contributed by atoms with E-state index in [1.54, 1.807) is 43.5 Å². The molecular formula is C27H25NO8S. The molecule has 3 heterocycles. The van der Waals surface area contributed by atoms with Gasteiger partial charge in [0.05, 0.1) is 7.11 Å². The normalized spacial score (nSPS) is 18.9. The van der Waals surface area contributed by atoms with Crippen molar-refractivity contribution in [2.24, 2.45) is 0 Å². The van der Waals surface area contributed by atoms with Gasteiger partial charge in [-0.1, -0.05) is 12.1 Å². The molecule has 0 N–H and O–H groups in total. The Labute approximate surface area is 216 Å². The van der Waals surface area contributed by atoms with E-state index in [1.807, 2.05) is 19.1 Å². The number of esters is 1. The molecule has 2 aliphatic heterocycles. The first-order chi connectivity index (χ1) is 18.0. The average Bonchev–Trinajstić information content (AvgIpc) is 2.92. The van der Waals surface area contributed by atoms with E-state index in [-0.39, 0.29) is 30.2 Å². The summed E-state index contributed by atoms with van der Waals surface area (Å²) >= 11 is 1.51. The molecule has 2 unspecified atom stereocenters. The van der Waals surface area contributed by atoms with Gasteiger partial charge >= 0.3 is 11.6 Å². The van der Waals surface area contributed by atoms with Crippen LogP contribution in [0.5, 0.6) is 11.5 Å². The van der Waals surface area contributed by atoms with Crippen LogP contribution in [0, 0.1) is 0 Å². The van der Waals surface area contributed by atoms with Gasteiger partial charge in [-0.2, -0.15) is 0 Å². The van der Waals surface area contributed by atoms with E-state index in [9.17, 15) is 14.4 Å². The van der Waals surface area contributed by atoms with E-state index in [0.29, 0.717) is 35.0 Å². The average molecular weight is 524 g/mol. The molecule has 9 nitrogen and oxygen atoms in total. The Kier molecular flexibility index (Phi) is 7.20. The van der Waals surface area contributed by atoms with Gasteiger partial charge in [0.15, 0.2) is 6.10 Å². The molecule has 2 atom stereocenters. The molecule has 0 bridgehead atoms. The van der Waals surface area contributed by atoms with Crippen molar-refractivity contribution in [1.82, 2.24) is 4.90 Å². The van der Waals surface area contributed by atoms with E-state index in [0.717, 1.165) is 10.9 Å². The van der Waals surface area contributed by atoms with Crippen molar-refractivity contribution >= 4 is 34.6 Å². The summed E-state index contributed by atoms with van der Waals surface area (Å²) in [6, 6.07) is 15.4. The minimum atomic E-state index is -0.604. The van der Waals surface area contributed by atoms with Crippen molar-refractivity contribution in [2.45, 2.75) is 25.0 Å². The summed E-state index contributed by atoms with van der Waals surface area (Å²) in [7, 11) is 1.58. The van der Waals surface area contributed by atoms with Gasteiger partial charge in [0.1, 0.15) is 41.4 Å². The molecule has 0 saturated carbocycles. The molecule has 3 aromatic rings. The molecule has 0 spiro atoms. The third-order valence-electron chi connectivity index (χ3n) is 6.07. The minimum absolute atomic E-state index is 0.0406. The molecule has 1 aromatic heterocycles. The quantitative estimate of drug-likeness (QED) is 0.237. The monoisotopic (exact) mass is 523 g/mol. The van der Waals surface area contributed by atoms with Crippen molar-refractivity contribution in [3.8, 4) is 11.5 Å². The highest BCUT2D eigenvalue weighted by atomic mass is 32.2. The first-order valence-corrected chi connectivity index (χ1v) is 12.8. The number of benzene rings is 2. The molecule has 0 aliphatic carbocycles. The van der Waals surface area contributed by atoms with Crippen molar-refractivity contribution in [1.29, 1.82) is 0 Å². The molecule has 37 heavy (non-hydrogen) atoms. The minimum Gasteiger partial charge on any atom is -0.497 e. The molecule has 2 aliphatic rings. The van der Waals surface area contributed by atoms with Gasteiger partial charge in [0.2, 0.25) is 0 Å². The number of thioether (sulfide) groups is 1. The Morgan fingerprint density at radius 1 is 1.05 bits per heavy atom. The second-order valence-electron chi connectivity index (χ2n) is 8.40. The Morgan fingerprint density at radius 2 is 1.81 bits per heavy atom. The fourth-order valence-corrected chi connectivity index (χ4v) is 5.51. The zero-order chi connectivity index (χ0) is 25.9. The van der Waals surface area contributed by atoms with Crippen LogP contribution >= 0.6 is 11.8 Å². The standard InChI is InChI=1S/C27H25NO8S/c1-3-33-24-25(30)28-23(27(31)35-13-16-4-8-19(32-2)9-5-16)18(15-37-26(24)28)14-34-20-10-6-17-7-11-22(29)36-21(17)12-20/h4-12,24,26H,3,13-15H2,1-2H3. The van der Waals surface area contributed by atoms with E-state index in [2.05, 4.69) is 0 Å². The smallest absolute Gasteiger partial charge is 0.355 e. The molecule has 1 fully saturated rings. The maximum atomic E-state index is 13.3. The van der Waals surface area contributed by atoms with Crippen LogP contribution in [0.25, 0.3) is 11.0 Å². The molecule has 1 amide bonds. The maximum absolute atomic E-state index is 13.3. The highest BCUT2D eigenvalue weighted by Crippen LogP contribution is 2.42. The van der Waals surface area contributed by atoms with Gasteiger partial charge in [-0.3, -0.25) is 9.69 Å². The van der Waals surface area contributed by atoms with Gasteiger partial charge in [-0.05, 0) is 42.8 Å².